The molecule has 0 spiro atoms. The summed E-state index contributed by atoms with van der Waals surface area (Å²) in [5.41, 5.74) is 2.58. The van der Waals surface area contributed by atoms with Crippen LogP contribution in [0, 0.1) is 25.2 Å². The zero-order chi connectivity index (χ0) is 24.1. The van der Waals surface area contributed by atoms with E-state index in [0.29, 0.717) is 11.4 Å². The van der Waals surface area contributed by atoms with Gasteiger partial charge in [-0.15, -0.1) is 0 Å². The lowest BCUT2D eigenvalue weighted by molar-refractivity contribution is -0.117. The highest BCUT2D eigenvalue weighted by atomic mass is 16.5. The van der Waals surface area contributed by atoms with Crippen LogP contribution in [0.15, 0.2) is 83.3 Å². The Labute approximate surface area is 196 Å². The normalized spacial score (nSPS) is 11.1. The number of carbonyl (C=O) groups excluding carboxylic acids is 1. The lowest BCUT2D eigenvalue weighted by atomic mass is 10.1. The molecule has 1 N–H and O–H groups in total. The van der Waals surface area contributed by atoms with Crippen molar-refractivity contribution in [2.24, 2.45) is 0 Å². The maximum atomic E-state index is 13.3. The fraction of sp³-hybridized carbons (Fsp3) is 0.111. The molecule has 4 aromatic rings. The first-order valence-corrected chi connectivity index (χ1v) is 10.7. The number of amides is 1. The molecule has 0 fully saturated rings. The van der Waals surface area contributed by atoms with Crippen LogP contribution in [0.1, 0.15) is 22.3 Å². The van der Waals surface area contributed by atoms with E-state index in [1.54, 1.807) is 24.4 Å². The van der Waals surface area contributed by atoms with Crippen molar-refractivity contribution in [3.8, 4) is 17.7 Å². The number of aryl methyl sites for hydroxylation is 2. The van der Waals surface area contributed by atoms with Crippen molar-refractivity contribution in [1.29, 1.82) is 5.26 Å². The van der Waals surface area contributed by atoms with Gasteiger partial charge in [0.2, 0.25) is 5.88 Å². The molecule has 168 valence electrons. The zero-order valence-corrected chi connectivity index (χ0v) is 18.8. The average molecular weight is 450 g/mol. The van der Waals surface area contributed by atoms with Crippen molar-refractivity contribution in [1.82, 2.24) is 14.7 Å². The van der Waals surface area contributed by atoms with Crippen molar-refractivity contribution >= 4 is 17.6 Å². The van der Waals surface area contributed by atoms with Gasteiger partial charge in [0.15, 0.2) is 0 Å². The first-order chi connectivity index (χ1) is 16.4. The fourth-order valence-corrected chi connectivity index (χ4v) is 3.55. The van der Waals surface area contributed by atoms with Crippen molar-refractivity contribution < 1.29 is 9.53 Å². The number of aromatic nitrogens is 2. The summed E-state index contributed by atoms with van der Waals surface area (Å²) in [5, 5.41) is 12.4. The predicted molar refractivity (Wildman–Crippen MR) is 129 cm³/mol. The van der Waals surface area contributed by atoms with Crippen molar-refractivity contribution in [2.75, 3.05) is 0 Å². The summed E-state index contributed by atoms with van der Waals surface area (Å²) in [6.07, 6.45) is 2.80. The van der Waals surface area contributed by atoms with Crippen molar-refractivity contribution in [3.63, 3.8) is 0 Å². The van der Waals surface area contributed by atoms with E-state index in [0.717, 1.165) is 16.7 Å². The standard InChI is InChI=1S/C27H22N4O3/c1-18-12-19(2)14-22(13-18)34-26-23(27(33)31-11-7-6-10-24(31)30-26)15-21(16-28)25(32)29-17-20-8-4-3-5-9-20/h3-15H,17H2,1-2H3,(H,29,32). The molecule has 4 rings (SSSR count). The van der Waals surface area contributed by atoms with E-state index in [1.165, 1.54) is 10.5 Å². The highest BCUT2D eigenvalue weighted by molar-refractivity contribution is 6.01. The number of rotatable bonds is 6. The number of ether oxygens (including phenoxy) is 1. The molecule has 7 nitrogen and oxygen atoms in total. The lowest BCUT2D eigenvalue weighted by Crippen LogP contribution is -2.25. The van der Waals surface area contributed by atoms with Crippen LogP contribution < -0.4 is 15.6 Å². The third kappa shape index (κ3) is 5.03. The van der Waals surface area contributed by atoms with Crippen LogP contribution in [0.3, 0.4) is 0 Å². The Bertz CT molecular complexity index is 1480. The Morgan fingerprint density at radius 1 is 1.09 bits per heavy atom. The molecule has 0 bridgehead atoms. The number of fused-ring (bicyclic) bond motifs is 1. The summed E-state index contributed by atoms with van der Waals surface area (Å²) in [7, 11) is 0. The summed E-state index contributed by atoms with van der Waals surface area (Å²) in [4.78, 5) is 30.5. The molecule has 0 saturated carbocycles. The van der Waals surface area contributed by atoms with Crippen LogP contribution in [0.25, 0.3) is 11.7 Å². The van der Waals surface area contributed by atoms with Crippen LogP contribution in [-0.4, -0.2) is 15.3 Å². The second kappa shape index (κ2) is 9.84. The largest absolute Gasteiger partial charge is 0.438 e. The van der Waals surface area contributed by atoms with Crippen LogP contribution >= 0.6 is 0 Å². The quantitative estimate of drug-likeness (QED) is 0.348. The number of hydrogen-bond acceptors (Lipinski definition) is 5. The van der Waals surface area contributed by atoms with Gasteiger partial charge in [0.25, 0.3) is 11.5 Å². The lowest BCUT2D eigenvalue weighted by Gasteiger charge is -2.11. The number of pyridine rings is 1. The highest BCUT2D eigenvalue weighted by Crippen LogP contribution is 2.26. The minimum atomic E-state index is -0.596. The summed E-state index contributed by atoms with van der Waals surface area (Å²) in [5.74, 6) is -0.0718. The van der Waals surface area contributed by atoms with Gasteiger partial charge >= 0.3 is 0 Å². The third-order valence-electron chi connectivity index (χ3n) is 5.09. The topological polar surface area (TPSA) is 96.5 Å². The molecule has 34 heavy (non-hydrogen) atoms. The number of hydrogen-bond donors (Lipinski definition) is 1. The molecular formula is C27H22N4O3. The number of nitrogens with one attached hydrogen (secondary N) is 1. The van der Waals surface area contributed by atoms with Crippen LogP contribution in [0.4, 0.5) is 0 Å². The minimum absolute atomic E-state index is 0.00858. The Kier molecular flexibility index (Phi) is 6.51. The first-order valence-electron chi connectivity index (χ1n) is 10.7. The highest BCUT2D eigenvalue weighted by Gasteiger charge is 2.17. The van der Waals surface area contributed by atoms with E-state index in [1.807, 2.05) is 68.4 Å². The molecule has 2 aromatic carbocycles. The molecule has 2 aromatic heterocycles. The molecule has 0 unspecified atom stereocenters. The molecular weight excluding hydrogens is 428 g/mol. The van der Waals surface area contributed by atoms with E-state index in [9.17, 15) is 14.9 Å². The minimum Gasteiger partial charge on any atom is -0.438 e. The summed E-state index contributed by atoms with van der Waals surface area (Å²) in [6.45, 7) is 4.13. The van der Waals surface area contributed by atoms with E-state index >= 15 is 0 Å². The van der Waals surface area contributed by atoms with Gasteiger partial charge in [-0.05, 0) is 60.9 Å². The number of carbonyl (C=O) groups is 1. The van der Waals surface area contributed by atoms with Gasteiger partial charge in [-0.3, -0.25) is 14.0 Å². The molecule has 1 amide bonds. The van der Waals surface area contributed by atoms with Gasteiger partial charge in [-0.2, -0.15) is 10.2 Å². The van der Waals surface area contributed by atoms with E-state index in [-0.39, 0.29) is 23.6 Å². The molecule has 0 saturated heterocycles. The summed E-state index contributed by atoms with van der Waals surface area (Å²) >= 11 is 0. The fourth-order valence-electron chi connectivity index (χ4n) is 3.55. The third-order valence-corrected chi connectivity index (χ3v) is 5.09. The molecule has 2 heterocycles. The molecule has 0 atom stereocenters. The second-order valence-electron chi connectivity index (χ2n) is 7.83. The summed E-state index contributed by atoms with van der Waals surface area (Å²) < 4.78 is 7.35. The van der Waals surface area contributed by atoms with Crippen molar-refractivity contribution in [2.45, 2.75) is 20.4 Å². The smallest absolute Gasteiger partial charge is 0.269 e. The Balaban J connectivity index is 1.76. The molecule has 0 radical (unpaired) electrons. The van der Waals surface area contributed by atoms with E-state index < -0.39 is 11.5 Å². The van der Waals surface area contributed by atoms with Gasteiger partial charge < -0.3 is 10.1 Å². The SMILES string of the molecule is Cc1cc(C)cc(Oc2nc3ccccn3c(=O)c2C=C(C#N)C(=O)NCc2ccccc2)c1. The van der Waals surface area contributed by atoms with E-state index in [2.05, 4.69) is 10.3 Å². The van der Waals surface area contributed by atoms with Crippen molar-refractivity contribution in [3.05, 3.63) is 111 Å². The molecule has 7 heteroatoms. The van der Waals surface area contributed by atoms with Crippen LogP contribution in [0.2, 0.25) is 0 Å². The number of nitrogens with zero attached hydrogens (tertiary/aromatic N) is 3. The predicted octanol–water partition coefficient (Wildman–Crippen LogP) is 4.33. The van der Waals surface area contributed by atoms with Gasteiger partial charge in [0.1, 0.15) is 28.6 Å². The molecule has 0 aliphatic heterocycles. The average Bonchev–Trinajstić information content (AvgIpc) is 2.82. The Hall–Kier alpha value is -4.70. The van der Waals surface area contributed by atoms with Gasteiger partial charge in [0, 0.05) is 12.7 Å². The van der Waals surface area contributed by atoms with Crippen LogP contribution in [0.5, 0.6) is 11.6 Å². The van der Waals surface area contributed by atoms with E-state index in [4.69, 9.17) is 4.74 Å². The second-order valence-corrected chi connectivity index (χ2v) is 7.83. The van der Waals surface area contributed by atoms with Gasteiger partial charge in [-0.25, -0.2) is 0 Å². The first kappa shape index (κ1) is 22.5. The molecule has 0 aliphatic carbocycles. The van der Waals surface area contributed by atoms with Crippen LogP contribution in [-0.2, 0) is 11.3 Å². The Morgan fingerprint density at radius 3 is 2.50 bits per heavy atom. The molecule has 0 aliphatic rings. The number of benzene rings is 2. The maximum Gasteiger partial charge on any atom is 0.269 e. The van der Waals surface area contributed by atoms with Gasteiger partial charge in [0.05, 0.1) is 0 Å². The summed E-state index contributed by atoms with van der Waals surface area (Å²) in [6, 6.07) is 22.0. The van der Waals surface area contributed by atoms with Gasteiger partial charge in [-0.1, -0.05) is 42.5 Å². The Morgan fingerprint density at radius 2 is 1.79 bits per heavy atom. The zero-order valence-electron chi connectivity index (χ0n) is 18.8. The monoisotopic (exact) mass is 450 g/mol. The maximum absolute atomic E-state index is 13.3. The number of nitriles is 1.